The van der Waals surface area contributed by atoms with Crippen molar-refractivity contribution in [1.82, 2.24) is 14.4 Å². The zero-order chi connectivity index (χ0) is 11.8. The van der Waals surface area contributed by atoms with Crippen molar-refractivity contribution in [1.29, 1.82) is 0 Å². The Labute approximate surface area is 100 Å². The van der Waals surface area contributed by atoms with Gasteiger partial charge in [0.05, 0.1) is 6.20 Å². The van der Waals surface area contributed by atoms with Gasteiger partial charge in [0.25, 0.3) is 0 Å². The van der Waals surface area contributed by atoms with E-state index in [0.717, 1.165) is 11.5 Å². The minimum absolute atomic E-state index is 0.537. The maximum absolute atomic E-state index is 5.83. The van der Waals surface area contributed by atoms with Crippen LogP contribution in [-0.4, -0.2) is 27.5 Å². The molecule has 0 unspecified atom stereocenters. The number of hydrogen-bond donors (Lipinski definition) is 1. The third kappa shape index (κ3) is 1.71. The molecule has 17 heavy (non-hydrogen) atoms. The molecule has 2 aromatic rings. The van der Waals surface area contributed by atoms with Crippen LogP contribution < -0.4 is 10.6 Å². The fourth-order valence-electron chi connectivity index (χ4n) is 2.64. The molecule has 0 aromatic carbocycles. The Morgan fingerprint density at radius 2 is 2.18 bits per heavy atom. The smallest absolute Gasteiger partial charge is 0.180 e. The van der Waals surface area contributed by atoms with Gasteiger partial charge in [-0.1, -0.05) is 12.8 Å². The van der Waals surface area contributed by atoms with Gasteiger partial charge < -0.3 is 15.0 Å². The third-order valence-corrected chi connectivity index (χ3v) is 3.58. The molecule has 2 heterocycles. The van der Waals surface area contributed by atoms with Crippen molar-refractivity contribution in [2.75, 3.05) is 17.7 Å². The summed E-state index contributed by atoms with van der Waals surface area (Å²) < 4.78 is 1.93. The number of anilines is 2. The van der Waals surface area contributed by atoms with Crippen molar-refractivity contribution in [3.05, 3.63) is 18.6 Å². The second-order valence-electron chi connectivity index (χ2n) is 4.70. The molecule has 0 saturated heterocycles. The molecule has 0 aliphatic heterocycles. The average Bonchev–Trinajstić information content (AvgIpc) is 2.97. The molecule has 3 rings (SSSR count). The van der Waals surface area contributed by atoms with Crippen molar-refractivity contribution in [3.8, 4) is 0 Å². The van der Waals surface area contributed by atoms with Crippen LogP contribution in [-0.2, 0) is 0 Å². The molecule has 1 fully saturated rings. The van der Waals surface area contributed by atoms with E-state index in [4.69, 9.17) is 5.73 Å². The highest BCUT2D eigenvalue weighted by Crippen LogP contribution is 2.28. The minimum Gasteiger partial charge on any atom is -0.382 e. The summed E-state index contributed by atoms with van der Waals surface area (Å²) in [5.74, 6) is 1.43. The van der Waals surface area contributed by atoms with Crippen LogP contribution in [0.15, 0.2) is 18.6 Å². The normalized spacial score (nSPS) is 16.8. The molecule has 0 amide bonds. The van der Waals surface area contributed by atoms with Crippen molar-refractivity contribution < 1.29 is 0 Å². The van der Waals surface area contributed by atoms with E-state index in [1.54, 1.807) is 12.4 Å². The summed E-state index contributed by atoms with van der Waals surface area (Å²) >= 11 is 0. The van der Waals surface area contributed by atoms with Gasteiger partial charge in [-0.2, -0.15) is 0 Å². The van der Waals surface area contributed by atoms with Crippen LogP contribution >= 0.6 is 0 Å². The van der Waals surface area contributed by atoms with E-state index in [-0.39, 0.29) is 0 Å². The monoisotopic (exact) mass is 231 g/mol. The highest BCUT2D eigenvalue weighted by Gasteiger charge is 2.22. The van der Waals surface area contributed by atoms with Gasteiger partial charge in [0.15, 0.2) is 11.5 Å². The second kappa shape index (κ2) is 3.91. The molecule has 0 radical (unpaired) electrons. The first-order chi connectivity index (χ1) is 8.25. The minimum atomic E-state index is 0.537. The number of nitrogens with zero attached hydrogens (tertiary/aromatic N) is 4. The van der Waals surface area contributed by atoms with Gasteiger partial charge in [-0.05, 0) is 12.8 Å². The Bertz CT molecular complexity index is 527. The van der Waals surface area contributed by atoms with Crippen LogP contribution in [0.1, 0.15) is 25.7 Å². The molecule has 2 N–H and O–H groups in total. The summed E-state index contributed by atoms with van der Waals surface area (Å²) in [5.41, 5.74) is 6.72. The lowest BCUT2D eigenvalue weighted by atomic mass is 10.2. The van der Waals surface area contributed by atoms with E-state index < -0.39 is 0 Å². The maximum Gasteiger partial charge on any atom is 0.180 e. The predicted octanol–water partition coefficient (Wildman–Crippen LogP) is 1.69. The van der Waals surface area contributed by atoms with Gasteiger partial charge in [0.1, 0.15) is 5.82 Å². The molecule has 0 spiro atoms. The zero-order valence-electron chi connectivity index (χ0n) is 10.0. The van der Waals surface area contributed by atoms with E-state index in [2.05, 4.69) is 21.9 Å². The fraction of sp³-hybridized carbons (Fsp3) is 0.500. The average molecular weight is 231 g/mol. The first-order valence-corrected chi connectivity index (χ1v) is 6.08. The van der Waals surface area contributed by atoms with Crippen LogP contribution in [0.25, 0.3) is 5.65 Å². The summed E-state index contributed by atoms with van der Waals surface area (Å²) in [7, 11) is 2.09. The summed E-state index contributed by atoms with van der Waals surface area (Å²) in [6.45, 7) is 0. The van der Waals surface area contributed by atoms with Crippen molar-refractivity contribution in [2.24, 2.45) is 0 Å². The van der Waals surface area contributed by atoms with Gasteiger partial charge in [0.2, 0.25) is 0 Å². The molecular weight excluding hydrogens is 214 g/mol. The molecular formula is C12H17N5. The van der Waals surface area contributed by atoms with Crippen molar-refractivity contribution in [3.63, 3.8) is 0 Å². The van der Waals surface area contributed by atoms with Gasteiger partial charge in [-0.15, -0.1) is 0 Å². The van der Waals surface area contributed by atoms with Crippen LogP contribution in [0.5, 0.6) is 0 Å². The summed E-state index contributed by atoms with van der Waals surface area (Å²) in [4.78, 5) is 11.0. The number of rotatable bonds is 2. The van der Waals surface area contributed by atoms with Gasteiger partial charge in [-0.3, -0.25) is 0 Å². The molecule has 90 valence electrons. The number of fused-ring (bicyclic) bond motifs is 1. The van der Waals surface area contributed by atoms with E-state index in [0.29, 0.717) is 11.9 Å². The molecule has 5 nitrogen and oxygen atoms in total. The first kappa shape index (κ1) is 10.4. The first-order valence-electron chi connectivity index (χ1n) is 6.08. The van der Waals surface area contributed by atoms with Crippen LogP contribution in [0, 0.1) is 0 Å². The molecule has 0 atom stereocenters. The molecule has 5 heteroatoms. The Morgan fingerprint density at radius 3 is 2.94 bits per heavy atom. The number of nitrogen functional groups attached to an aromatic ring is 1. The van der Waals surface area contributed by atoms with Crippen molar-refractivity contribution >= 4 is 17.3 Å². The highest BCUT2D eigenvalue weighted by molar-refractivity contribution is 5.66. The van der Waals surface area contributed by atoms with Crippen LogP contribution in [0.3, 0.4) is 0 Å². The maximum atomic E-state index is 5.83. The lowest BCUT2D eigenvalue weighted by Crippen LogP contribution is -2.30. The summed E-state index contributed by atoms with van der Waals surface area (Å²) in [6, 6.07) is 0.574. The lowest BCUT2D eigenvalue weighted by Gasteiger charge is -2.25. The second-order valence-corrected chi connectivity index (χ2v) is 4.70. The predicted molar refractivity (Wildman–Crippen MR) is 68.1 cm³/mol. The fourth-order valence-corrected chi connectivity index (χ4v) is 2.64. The lowest BCUT2D eigenvalue weighted by molar-refractivity contribution is 0.647. The van der Waals surface area contributed by atoms with Gasteiger partial charge in [-0.25, -0.2) is 9.97 Å². The third-order valence-electron chi connectivity index (χ3n) is 3.58. The quantitative estimate of drug-likeness (QED) is 0.854. The molecule has 2 aromatic heterocycles. The molecule has 1 saturated carbocycles. The molecule has 0 bridgehead atoms. The van der Waals surface area contributed by atoms with Crippen LogP contribution in [0.4, 0.5) is 11.6 Å². The number of aromatic nitrogens is 3. The Morgan fingerprint density at radius 1 is 1.41 bits per heavy atom. The SMILES string of the molecule is CN(c1nc(N)cn2ccnc12)C1CCCC1. The zero-order valence-corrected chi connectivity index (χ0v) is 10.0. The van der Waals surface area contributed by atoms with Crippen molar-refractivity contribution in [2.45, 2.75) is 31.7 Å². The Hall–Kier alpha value is -1.78. The highest BCUT2D eigenvalue weighted by atomic mass is 15.2. The molecule has 1 aliphatic rings. The number of hydrogen-bond acceptors (Lipinski definition) is 4. The number of nitrogens with two attached hydrogens (primary N) is 1. The van der Waals surface area contributed by atoms with E-state index in [9.17, 15) is 0 Å². The Kier molecular flexibility index (Phi) is 2.39. The van der Waals surface area contributed by atoms with E-state index in [1.807, 2.05) is 10.6 Å². The number of imidazole rings is 1. The Balaban J connectivity index is 2.05. The van der Waals surface area contributed by atoms with Crippen LogP contribution in [0.2, 0.25) is 0 Å². The van der Waals surface area contributed by atoms with E-state index in [1.165, 1.54) is 25.7 Å². The van der Waals surface area contributed by atoms with Gasteiger partial charge >= 0.3 is 0 Å². The largest absolute Gasteiger partial charge is 0.382 e. The summed E-state index contributed by atoms with van der Waals surface area (Å²) in [6.07, 6.45) is 10.6. The van der Waals surface area contributed by atoms with E-state index >= 15 is 0 Å². The topological polar surface area (TPSA) is 59.5 Å². The molecule has 1 aliphatic carbocycles. The standard InChI is InChI=1S/C12H17N5/c1-16(9-4-2-3-5-9)12-11-14-6-7-17(11)8-10(13)15-12/h6-9H,2-5,13H2,1H3. The summed E-state index contributed by atoms with van der Waals surface area (Å²) in [5, 5.41) is 0. The van der Waals surface area contributed by atoms with Gasteiger partial charge in [0, 0.05) is 25.5 Å².